The zero-order valence-corrected chi connectivity index (χ0v) is 35.1. The van der Waals surface area contributed by atoms with Crippen LogP contribution in [0, 0.1) is 0 Å². The standard InChI is InChI=1S/C60H38N2O3/c1-3-12-42(13-4-1)61(46-31-34-58-53(37-46)50-17-8-9-20-55(50)63-58)44-27-22-39(23-28-44)40-24-29-45(30-25-40)62(43-14-5-2-6-15-43)47-32-35-59-54(38-47)52-36-41(26-33-57(52)64-59)48-18-11-19-51-49-16-7-10-21-56(49)65-60(48)51/h1-38H. The smallest absolute Gasteiger partial charge is 0.143 e. The summed E-state index contributed by atoms with van der Waals surface area (Å²) in [6, 6.07) is 80.9. The van der Waals surface area contributed by atoms with Gasteiger partial charge in [-0.1, -0.05) is 121 Å². The molecule has 0 amide bonds. The maximum absolute atomic E-state index is 6.44. The molecule has 0 N–H and O–H groups in total. The summed E-state index contributed by atoms with van der Waals surface area (Å²) < 4.78 is 19.1. The number of benzene rings is 10. The summed E-state index contributed by atoms with van der Waals surface area (Å²) in [4.78, 5) is 4.61. The van der Waals surface area contributed by atoms with Crippen LogP contribution in [0.4, 0.5) is 34.1 Å². The average Bonchev–Trinajstić information content (AvgIpc) is 4.06. The molecule has 13 rings (SSSR count). The Morgan fingerprint density at radius 1 is 0.231 bits per heavy atom. The molecule has 0 bridgehead atoms. The molecule has 3 aromatic heterocycles. The van der Waals surface area contributed by atoms with Gasteiger partial charge in [0.2, 0.25) is 0 Å². The molecule has 0 fully saturated rings. The van der Waals surface area contributed by atoms with Crippen LogP contribution in [0.15, 0.2) is 244 Å². The summed E-state index contributed by atoms with van der Waals surface area (Å²) in [5, 5.41) is 6.55. The monoisotopic (exact) mass is 834 g/mol. The largest absolute Gasteiger partial charge is 0.456 e. The van der Waals surface area contributed by atoms with Crippen molar-refractivity contribution in [2.24, 2.45) is 0 Å². The van der Waals surface area contributed by atoms with Crippen LogP contribution >= 0.6 is 0 Å². The first kappa shape index (κ1) is 36.8. The number of rotatable bonds is 8. The SMILES string of the molecule is c1ccc(N(c2ccc(-c3ccc(N(c4ccccc4)c4ccc5oc6ccc(-c7cccc8c7oc7ccccc78)cc6c5c4)cc3)cc2)c2ccc3oc4ccccc4c3c2)cc1. The fourth-order valence-corrected chi connectivity index (χ4v) is 9.55. The van der Waals surface area contributed by atoms with Crippen molar-refractivity contribution in [3.05, 3.63) is 231 Å². The topological polar surface area (TPSA) is 45.9 Å². The molecule has 13 aromatic rings. The third kappa shape index (κ3) is 6.24. The van der Waals surface area contributed by atoms with Gasteiger partial charge in [-0.3, -0.25) is 0 Å². The number of fused-ring (bicyclic) bond motifs is 9. The van der Waals surface area contributed by atoms with Gasteiger partial charge in [-0.2, -0.15) is 0 Å². The normalized spacial score (nSPS) is 11.7. The van der Waals surface area contributed by atoms with E-state index < -0.39 is 0 Å². The molecule has 5 heteroatoms. The lowest BCUT2D eigenvalue weighted by Crippen LogP contribution is -2.10. The maximum Gasteiger partial charge on any atom is 0.143 e. The summed E-state index contributed by atoms with van der Waals surface area (Å²) in [5.41, 5.74) is 16.0. The van der Waals surface area contributed by atoms with E-state index >= 15 is 0 Å². The highest BCUT2D eigenvalue weighted by Crippen LogP contribution is 2.43. The Labute approximate surface area is 374 Å². The van der Waals surface area contributed by atoms with Gasteiger partial charge in [-0.15, -0.1) is 0 Å². The highest BCUT2D eigenvalue weighted by atomic mass is 16.3. The Hall–Kier alpha value is -8.80. The number of hydrogen-bond acceptors (Lipinski definition) is 5. The predicted molar refractivity (Wildman–Crippen MR) is 269 cm³/mol. The van der Waals surface area contributed by atoms with E-state index in [4.69, 9.17) is 13.3 Å². The Kier molecular flexibility index (Phi) is 8.46. The van der Waals surface area contributed by atoms with Gasteiger partial charge < -0.3 is 23.1 Å². The van der Waals surface area contributed by atoms with Crippen molar-refractivity contribution in [2.75, 3.05) is 9.80 Å². The lowest BCUT2D eigenvalue weighted by Gasteiger charge is -2.26. The van der Waals surface area contributed by atoms with Crippen LogP contribution in [0.1, 0.15) is 0 Å². The van der Waals surface area contributed by atoms with Crippen LogP contribution in [0.25, 0.3) is 88.1 Å². The minimum atomic E-state index is 0.844. The second-order valence-electron chi connectivity index (χ2n) is 16.5. The minimum Gasteiger partial charge on any atom is -0.456 e. The number of hydrogen-bond donors (Lipinski definition) is 0. The molecule has 0 aliphatic heterocycles. The van der Waals surface area contributed by atoms with Gasteiger partial charge in [0, 0.05) is 72.0 Å². The van der Waals surface area contributed by atoms with Crippen LogP contribution in [-0.4, -0.2) is 0 Å². The number of anilines is 6. The lowest BCUT2D eigenvalue weighted by molar-refractivity contribution is 0.668. The molecule has 0 aliphatic rings. The zero-order valence-electron chi connectivity index (χ0n) is 35.1. The molecule has 65 heavy (non-hydrogen) atoms. The molecule has 0 atom stereocenters. The van der Waals surface area contributed by atoms with Crippen molar-refractivity contribution >= 4 is 99.9 Å². The van der Waals surface area contributed by atoms with Crippen LogP contribution < -0.4 is 9.80 Å². The molecule has 0 radical (unpaired) electrons. The molecule has 3 heterocycles. The summed E-state index contributed by atoms with van der Waals surface area (Å²) >= 11 is 0. The van der Waals surface area contributed by atoms with E-state index in [0.29, 0.717) is 0 Å². The summed E-state index contributed by atoms with van der Waals surface area (Å²) in [6.07, 6.45) is 0. The van der Waals surface area contributed by atoms with Crippen LogP contribution in [0.3, 0.4) is 0 Å². The second kappa shape index (κ2) is 14.9. The van der Waals surface area contributed by atoms with Crippen molar-refractivity contribution in [2.45, 2.75) is 0 Å². The third-order valence-electron chi connectivity index (χ3n) is 12.7. The van der Waals surface area contributed by atoms with E-state index in [1.165, 1.54) is 0 Å². The van der Waals surface area contributed by atoms with Gasteiger partial charge in [-0.05, 0) is 126 Å². The first-order valence-corrected chi connectivity index (χ1v) is 21.9. The van der Waals surface area contributed by atoms with Crippen molar-refractivity contribution in [3.63, 3.8) is 0 Å². The van der Waals surface area contributed by atoms with Crippen molar-refractivity contribution in [1.29, 1.82) is 0 Å². The molecule has 0 unspecified atom stereocenters. The number of para-hydroxylation sites is 5. The van der Waals surface area contributed by atoms with Gasteiger partial charge in [0.05, 0.1) is 0 Å². The molecule has 10 aromatic carbocycles. The van der Waals surface area contributed by atoms with Crippen molar-refractivity contribution in [1.82, 2.24) is 0 Å². The van der Waals surface area contributed by atoms with Gasteiger partial charge in [0.1, 0.15) is 33.5 Å². The van der Waals surface area contributed by atoms with Crippen LogP contribution in [-0.2, 0) is 0 Å². The molecule has 0 saturated heterocycles. The quantitative estimate of drug-likeness (QED) is 0.153. The average molecular weight is 835 g/mol. The molecule has 0 spiro atoms. The van der Waals surface area contributed by atoms with Crippen molar-refractivity contribution in [3.8, 4) is 22.3 Å². The van der Waals surface area contributed by atoms with Gasteiger partial charge in [-0.25, -0.2) is 0 Å². The number of furan rings is 3. The predicted octanol–water partition coefficient (Wildman–Crippen LogP) is 17.7. The summed E-state index contributed by atoms with van der Waals surface area (Å²) in [7, 11) is 0. The van der Waals surface area contributed by atoms with E-state index in [0.717, 1.165) is 122 Å². The van der Waals surface area contributed by atoms with Gasteiger partial charge in [0.15, 0.2) is 0 Å². The molecule has 306 valence electrons. The molecular formula is C60H38N2O3. The van der Waals surface area contributed by atoms with Gasteiger partial charge in [0.25, 0.3) is 0 Å². The number of nitrogens with zero attached hydrogens (tertiary/aromatic N) is 2. The lowest BCUT2D eigenvalue weighted by atomic mass is 10.00. The Morgan fingerprint density at radius 2 is 0.615 bits per heavy atom. The summed E-state index contributed by atoms with van der Waals surface area (Å²) in [6.45, 7) is 0. The van der Waals surface area contributed by atoms with Crippen molar-refractivity contribution < 1.29 is 13.3 Å². The first-order chi connectivity index (χ1) is 32.2. The highest BCUT2D eigenvalue weighted by Gasteiger charge is 2.19. The zero-order chi connectivity index (χ0) is 42.8. The van der Waals surface area contributed by atoms with E-state index in [1.54, 1.807) is 0 Å². The maximum atomic E-state index is 6.44. The Morgan fingerprint density at radius 3 is 1.18 bits per heavy atom. The fraction of sp³-hybridized carbons (Fsp3) is 0. The minimum absolute atomic E-state index is 0.844. The third-order valence-corrected chi connectivity index (χ3v) is 12.7. The van der Waals surface area contributed by atoms with E-state index in [-0.39, 0.29) is 0 Å². The molecule has 0 saturated carbocycles. The fourth-order valence-electron chi connectivity index (χ4n) is 9.55. The van der Waals surface area contributed by atoms with E-state index in [1.807, 2.05) is 24.3 Å². The molecule has 5 nitrogen and oxygen atoms in total. The Bertz CT molecular complexity index is 3880. The first-order valence-electron chi connectivity index (χ1n) is 21.9. The van der Waals surface area contributed by atoms with Gasteiger partial charge >= 0.3 is 0 Å². The van der Waals surface area contributed by atoms with Crippen LogP contribution in [0.5, 0.6) is 0 Å². The van der Waals surface area contributed by atoms with Crippen LogP contribution in [0.2, 0.25) is 0 Å². The van der Waals surface area contributed by atoms with E-state index in [2.05, 4.69) is 216 Å². The molecular weight excluding hydrogens is 797 g/mol. The molecule has 0 aliphatic carbocycles. The van der Waals surface area contributed by atoms with E-state index in [9.17, 15) is 0 Å². The Balaban J connectivity index is 0.848. The second-order valence-corrected chi connectivity index (χ2v) is 16.5. The highest BCUT2D eigenvalue weighted by molar-refractivity contribution is 6.12. The summed E-state index contributed by atoms with van der Waals surface area (Å²) in [5.74, 6) is 0.